The summed E-state index contributed by atoms with van der Waals surface area (Å²) >= 11 is 0. The van der Waals surface area contributed by atoms with Gasteiger partial charge in [0.25, 0.3) is 11.8 Å². The standard InChI is InChI=1S/C30H33N3O4/c34-27-25(15-24-8-9-26(37-24)32-10-2-1-3-11-32)28(35)33(29(36)31-27)23-6-4-22(5-7-23)30-16-19-12-20(17-30)14-21(13-19)18-30/h4-9,15,19-21H,1-3,10-14,16-18H2,(H,31,34,36)/b25-15+. The first-order valence-corrected chi connectivity index (χ1v) is 13.8. The van der Waals surface area contributed by atoms with E-state index >= 15 is 0 Å². The Hall–Kier alpha value is -3.35. The van der Waals surface area contributed by atoms with Crippen LogP contribution in [0.2, 0.25) is 0 Å². The van der Waals surface area contributed by atoms with Crippen molar-refractivity contribution in [3.63, 3.8) is 0 Å². The molecule has 1 N–H and O–H groups in total. The fourth-order valence-electron chi connectivity index (χ4n) is 8.17. The van der Waals surface area contributed by atoms with Crippen molar-refractivity contribution in [3.8, 4) is 0 Å². The average molecular weight is 500 g/mol. The predicted molar refractivity (Wildman–Crippen MR) is 140 cm³/mol. The first-order valence-electron chi connectivity index (χ1n) is 13.8. The van der Waals surface area contributed by atoms with Crippen LogP contribution in [-0.2, 0) is 15.0 Å². The molecule has 1 aromatic carbocycles. The van der Waals surface area contributed by atoms with E-state index in [1.54, 1.807) is 6.07 Å². The minimum Gasteiger partial charge on any atom is -0.441 e. The van der Waals surface area contributed by atoms with Crippen LogP contribution in [0.25, 0.3) is 6.08 Å². The summed E-state index contributed by atoms with van der Waals surface area (Å²) in [5, 5.41) is 2.33. The number of furan rings is 1. The molecular formula is C30H33N3O4. The zero-order valence-electron chi connectivity index (χ0n) is 21.1. The molecule has 2 saturated heterocycles. The molecule has 192 valence electrons. The molecule has 37 heavy (non-hydrogen) atoms. The first-order chi connectivity index (χ1) is 18.0. The highest BCUT2D eigenvalue weighted by Gasteiger charge is 2.51. The fourth-order valence-corrected chi connectivity index (χ4v) is 8.17. The third-order valence-corrected chi connectivity index (χ3v) is 9.44. The van der Waals surface area contributed by atoms with E-state index in [2.05, 4.69) is 22.3 Å². The highest BCUT2D eigenvalue weighted by atomic mass is 16.4. The fraction of sp³-hybridized carbons (Fsp3) is 0.500. The molecule has 4 saturated carbocycles. The van der Waals surface area contributed by atoms with Crippen LogP contribution in [-0.4, -0.2) is 30.9 Å². The quantitative estimate of drug-likeness (QED) is 0.450. The molecule has 0 unspecified atom stereocenters. The van der Waals surface area contributed by atoms with Crippen LogP contribution in [0.4, 0.5) is 16.4 Å². The zero-order valence-corrected chi connectivity index (χ0v) is 21.1. The second-order valence-corrected chi connectivity index (χ2v) is 11.9. The molecule has 8 rings (SSSR count). The number of nitrogens with zero attached hydrogens (tertiary/aromatic N) is 2. The summed E-state index contributed by atoms with van der Waals surface area (Å²) < 4.78 is 5.94. The van der Waals surface area contributed by atoms with E-state index < -0.39 is 17.8 Å². The Balaban J connectivity index is 1.13. The van der Waals surface area contributed by atoms with Crippen LogP contribution in [0.1, 0.15) is 69.1 Å². The lowest BCUT2D eigenvalue weighted by molar-refractivity contribution is -0.122. The van der Waals surface area contributed by atoms with E-state index in [4.69, 9.17) is 4.42 Å². The molecule has 0 radical (unpaired) electrons. The number of piperidine rings is 1. The van der Waals surface area contributed by atoms with Gasteiger partial charge >= 0.3 is 6.03 Å². The van der Waals surface area contributed by atoms with Crippen LogP contribution in [0.15, 0.2) is 46.4 Å². The third-order valence-electron chi connectivity index (χ3n) is 9.44. The largest absolute Gasteiger partial charge is 0.441 e. The van der Waals surface area contributed by atoms with E-state index in [1.165, 1.54) is 56.6 Å². The van der Waals surface area contributed by atoms with E-state index in [0.717, 1.165) is 54.5 Å². The van der Waals surface area contributed by atoms with Crippen molar-refractivity contribution in [2.24, 2.45) is 17.8 Å². The van der Waals surface area contributed by atoms with Crippen molar-refractivity contribution in [1.82, 2.24) is 5.32 Å². The minimum absolute atomic E-state index is 0.107. The van der Waals surface area contributed by atoms with Crippen LogP contribution in [0, 0.1) is 17.8 Å². The van der Waals surface area contributed by atoms with Gasteiger partial charge in [0.15, 0.2) is 5.88 Å². The smallest absolute Gasteiger partial charge is 0.335 e. The normalized spacial score (nSPS) is 32.4. The topological polar surface area (TPSA) is 82.9 Å². The number of hydrogen-bond acceptors (Lipinski definition) is 5. The second kappa shape index (κ2) is 8.61. The number of imide groups is 2. The highest BCUT2D eigenvalue weighted by molar-refractivity contribution is 6.39. The maximum absolute atomic E-state index is 13.4. The van der Waals surface area contributed by atoms with E-state index in [0.29, 0.717) is 11.4 Å². The first kappa shape index (κ1) is 22.8. The molecule has 2 aliphatic heterocycles. The van der Waals surface area contributed by atoms with Gasteiger partial charge in [-0.25, -0.2) is 9.69 Å². The lowest BCUT2D eigenvalue weighted by Gasteiger charge is -2.57. The average Bonchev–Trinajstić information content (AvgIpc) is 3.35. The van der Waals surface area contributed by atoms with E-state index in [-0.39, 0.29) is 11.0 Å². The van der Waals surface area contributed by atoms with Crippen molar-refractivity contribution in [2.75, 3.05) is 22.9 Å². The molecule has 6 fully saturated rings. The number of amides is 4. The Morgan fingerprint density at radius 3 is 2.14 bits per heavy atom. The molecule has 1 aromatic heterocycles. The number of barbiturate groups is 1. The van der Waals surface area contributed by atoms with Crippen LogP contribution >= 0.6 is 0 Å². The third kappa shape index (κ3) is 3.90. The Kier molecular flexibility index (Phi) is 5.31. The van der Waals surface area contributed by atoms with Crippen LogP contribution < -0.4 is 15.1 Å². The molecule has 7 nitrogen and oxygen atoms in total. The summed E-state index contributed by atoms with van der Waals surface area (Å²) in [6.07, 6.45) is 12.8. The number of hydrogen-bond donors (Lipinski definition) is 1. The highest BCUT2D eigenvalue weighted by Crippen LogP contribution is 2.60. The summed E-state index contributed by atoms with van der Waals surface area (Å²) in [5.41, 5.74) is 1.94. The van der Waals surface area contributed by atoms with Gasteiger partial charge in [0.2, 0.25) is 0 Å². The van der Waals surface area contributed by atoms with Gasteiger partial charge in [-0.15, -0.1) is 0 Å². The molecule has 0 spiro atoms. The van der Waals surface area contributed by atoms with Crippen molar-refractivity contribution >= 4 is 35.5 Å². The van der Waals surface area contributed by atoms with Crippen molar-refractivity contribution < 1.29 is 18.8 Å². The van der Waals surface area contributed by atoms with Gasteiger partial charge in [0.05, 0.1) is 5.69 Å². The molecule has 4 bridgehead atoms. The van der Waals surface area contributed by atoms with E-state index in [9.17, 15) is 14.4 Å². The van der Waals surface area contributed by atoms with Gasteiger partial charge in [0, 0.05) is 19.2 Å². The lowest BCUT2D eigenvalue weighted by Crippen LogP contribution is -2.54. The van der Waals surface area contributed by atoms with Crippen molar-refractivity contribution in [2.45, 2.75) is 63.2 Å². The number of nitrogens with one attached hydrogen (secondary N) is 1. The zero-order chi connectivity index (χ0) is 25.1. The monoisotopic (exact) mass is 499 g/mol. The van der Waals surface area contributed by atoms with Crippen LogP contribution in [0.3, 0.4) is 0 Å². The molecule has 4 aliphatic carbocycles. The molecule has 4 amide bonds. The van der Waals surface area contributed by atoms with Crippen LogP contribution in [0.5, 0.6) is 0 Å². The molecular weight excluding hydrogens is 466 g/mol. The van der Waals surface area contributed by atoms with Gasteiger partial charge in [-0.1, -0.05) is 12.1 Å². The second-order valence-electron chi connectivity index (χ2n) is 11.9. The Morgan fingerprint density at radius 1 is 0.838 bits per heavy atom. The predicted octanol–water partition coefficient (Wildman–Crippen LogP) is 5.40. The van der Waals surface area contributed by atoms with Crippen molar-refractivity contribution in [3.05, 3.63) is 53.3 Å². The summed E-state index contributed by atoms with van der Waals surface area (Å²) in [5.74, 6) is 2.36. The number of rotatable bonds is 4. The minimum atomic E-state index is -0.719. The maximum Gasteiger partial charge on any atom is 0.335 e. The molecule has 7 heteroatoms. The maximum atomic E-state index is 13.4. The summed E-state index contributed by atoms with van der Waals surface area (Å²) in [4.78, 5) is 42.0. The summed E-state index contributed by atoms with van der Waals surface area (Å²) in [7, 11) is 0. The SMILES string of the molecule is O=C1NC(=O)N(c2ccc(C34CC5CC(CC(C5)C3)C4)cc2)C(=O)/C1=C/c1ccc(N2CCCCC2)o1. The number of carbonyl (C=O) groups is 3. The van der Waals surface area contributed by atoms with Gasteiger partial charge in [0.1, 0.15) is 11.3 Å². The number of urea groups is 1. The lowest BCUT2D eigenvalue weighted by atomic mass is 9.48. The number of carbonyl (C=O) groups excluding carboxylic acids is 3. The van der Waals surface area contributed by atoms with Gasteiger partial charge in [-0.3, -0.25) is 14.9 Å². The molecule has 3 heterocycles. The van der Waals surface area contributed by atoms with E-state index in [1.807, 2.05) is 18.2 Å². The van der Waals surface area contributed by atoms with Gasteiger partial charge in [-0.2, -0.15) is 0 Å². The molecule has 2 aromatic rings. The van der Waals surface area contributed by atoms with Gasteiger partial charge < -0.3 is 9.32 Å². The summed E-state index contributed by atoms with van der Waals surface area (Å²) in [6.45, 7) is 1.87. The summed E-state index contributed by atoms with van der Waals surface area (Å²) in [6, 6.07) is 10.8. The number of benzene rings is 1. The number of anilines is 2. The Labute approximate surface area is 216 Å². The van der Waals surface area contributed by atoms with Gasteiger partial charge in [-0.05, 0) is 111 Å². The Bertz CT molecular complexity index is 1250. The molecule has 6 aliphatic rings. The Morgan fingerprint density at radius 2 is 1.49 bits per heavy atom. The van der Waals surface area contributed by atoms with Crippen molar-refractivity contribution in [1.29, 1.82) is 0 Å². The molecule has 0 atom stereocenters.